The minimum atomic E-state index is -1.18. The zero-order valence-electron chi connectivity index (χ0n) is 31.5. The van der Waals surface area contributed by atoms with Crippen molar-refractivity contribution in [3.05, 3.63) is 107 Å². The van der Waals surface area contributed by atoms with Gasteiger partial charge in [-0.2, -0.15) is 0 Å². The minimum Gasteiger partial charge on any atom is -0.458 e. The van der Waals surface area contributed by atoms with Crippen LogP contribution in [0, 0.1) is 13.8 Å². The van der Waals surface area contributed by atoms with E-state index in [0.29, 0.717) is 5.56 Å². The van der Waals surface area contributed by atoms with Gasteiger partial charge in [0.05, 0.1) is 0 Å². The smallest absolute Gasteiger partial charge is 0.408 e. The first-order valence-corrected chi connectivity index (χ1v) is 17.2. The number of alkyl carbamates (subject to hydrolysis) is 1. The van der Waals surface area contributed by atoms with Crippen LogP contribution in [0.3, 0.4) is 0 Å². The van der Waals surface area contributed by atoms with Crippen molar-refractivity contribution >= 4 is 23.9 Å². The Hall–Kier alpha value is -4.66. The molecule has 2 N–H and O–H groups in total. The number of hydrogen-bond donors (Lipinski definition) is 2. The Balaban J connectivity index is 2.18. The van der Waals surface area contributed by atoms with E-state index in [2.05, 4.69) is 10.6 Å². The number of carbonyl (C=O) groups excluding carboxylic acids is 4. The van der Waals surface area contributed by atoms with Crippen molar-refractivity contribution in [3.8, 4) is 0 Å². The summed E-state index contributed by atoms with van der Waals surface area (Å²) in [7, 11) is 0. The molecule has 50 heavy (non-hydrogen) atoms. The largest absolute Gasteiger partial charge is 0.458 e. The van der Waals surface area contributed by atoms with Crippen molar-refractivity contribution < 1.29 is 28.7 Å². The van der Waals surface area contributed by atoms with Crippen LogP contribution in [0.25, 0.3) is 0 Å². The average Bonchev–Trinajstić information content (AvgIpc) is 2.98. The summed E-state index contributed by atoms with van der Waals surface area (Å²) >= 11 is 0. The Labute approximate surface area is 298 Å². The van der Waals surface area contributed by atoms with Crippen LogP contribution < -0.4 is 10.6 Å². The lowest BCUT2D eigenvalue weighted by Gasteiger charge is -2.44. The molecule has 3 amide bonds. The van der Waals surface area contributed by atoms with E-state index in [1.54, 1.807) is 41.5 Å². The average molecular weight is 686 g/mol. The molecule has 9 nitrogen and oxygen atoms in total. The molecule has 0 heterocycles. The van der Waals surface area contributed by atoms with Gasteiger partial charge in [0.15, 0.2) is 0 Å². The first-order valence-electron chi connectivity index (χ1n) is 17.2. The summed E-state index contributed by atoms with van der Waals surface area (Å²) < 4.78 is 11.3. The van der Waals surface area contributed by atoms with Crippen LogP contribution in [-0.4, -0.2) is 57.6 Å². The summed E-state index contributed by atoms with van der Waals surface area (Å²) in [5.41, 5.74) is 1.34. The van der Waals surface area contributed by atoms with Gasteiger partial charge in [0, 0.05) is 18.4 Å². The van der Waals surface area contributed by atoms with Crippen molar-refractivity contribution in [2.45, 2.75) is 124 Å². The third-order valence-corrected chi connectivity index (χ3v) is 7.84. The van der Waals surface area contributed by atoms with E-state index in [1.165, 1.54) is 4.90 Å². The molecule has 0 aliphatic carbocycles. The van der Waals surface area contributed by atoms with Gasteiger partial charge in [-0.3, -0.25) is 9.59 Å². The van der Waals surface area contributed by atoms with Crippen LogP contribution in [0.2, 0.25) is 0 Å². The predicted molar refractivity (Wildman–Crippen MR) is 196 cm³/mol. The number of ether oxygens (including phenoxy) is 2. The summed E-state index contributed by atoms with van der Waals surface area (Å²) in [5, 5.41) is 5.80. The van der Waals surface area contributed by atoms with Crippen molar-refractivity contribution in [1.29, 1.82) is 0 Å². The number of aryl methyl sites for hydroxylation is 2. The molecule has 3 unspecified atom stereocenters. The quantitative estimate of drug-likeness (QED) is 0.207. The van der Waals surface area contributed by atoms with Gasteiger partial charge in [-0.1, -0.05) is 78.9 Å². The SMILES string of the molecule is Cc1cccc(C)c1C(C(=O)NC(Cc1ccccc1)C(=O)OC(C)(C)C)N(C(=O)C(Cc1ccccc1)NC(=O)OC(C)(C)C)C(C)(C)C. The molecular formula is C41H55N3O6. The van der Waals surface area contributed by atoms with Gasteiger partial charge < -0.3 is 25.0 Å². The van der Waals surface area contributed by atoms with E-state index in [9.17, 15) is 14.4 Å². The highest BCUT2D eigenvalue weighted by Crippen LogP contribution is 2.34. The van der Waals surface area contributed by atoms with Crippen LogP contribution >= 0.6 is 0 Å². The number of rotatable bonds is 11. The number of carbonyl (C=O) groups is 4. The second-order valence-electron chi connectivity index (χ2n) is 15.8. The van der Waals surface area contributed by atoms with Crippen molar-refractivity contribution in [2.24, 2.45) is 0 Å². The highest BCUT2D eigenvalue weighted by Gasteiger charge is 2.44. The number of amides is 3. The van der Waals surface area contributed by atoms with Crippen LogP contribution in [-0.2, 0) is 36.7 Å². The molecule has 0 aromatic heterocycles. The zero-order valence-corrected chi connectivity index (χ0v) is 31.5. The summed E-state index contributed by atoms with van der Waals surface area (Å²) in [4.78, 5) is 58.3. The van der Waals surface area contributed by atoms with E-state index in [1.807, 2.05) is 113 Å². The highest BCUT2D eigenvalue weighted by atomic mass is 16.6. The molecule has 0 aliphatic rings. The molecule has 9 heteroatoms. The van der Waals surface area contributed by atoms with Gasteiger partial charge >= 0.3 is 12.1 Å². The fourth-order valence-electron chi connectivity index (χ4n) is 5.82. The Morgan fingerprint density at radius 2 is 1.08 bits per heavy atom. The first-order chi connectivity index (χ1) is 23.2. The van der Waals surface area contributed by atoms with Gasteiger partial charge in [0.2, 0.25) is 11.8 Å². The van der Waals surface area contributed by atoms with Crippen molar-refractivity contribution in [2.75, 3.05) is 0 Å². The molecule has 3 aromatic carbocycles. The molecule has 0 aliphatic heterocycles. The normalized spacial score (nSPS) is 13.7. The Morgan fingerprint density at radius 1 is 0.620 bits per heavy atom. The minimum absolute atomic E-state index is 0.154. The van der Waals surface area contributed by atoms with E-state index in [4.69, 9.17) is 9.47 Å². The fraction of sp³-hybridized carbons (Fsp3) is 0.463. The van der Waals surface area contributed by atoms with Gasteiger partial charge in [0.1, 0.15) is 29.3 Å². The molecule has 0 saturated heterocycles. The van der Waals surface area contributed by atoms with Gasteiger partial charge in [-0.15, -0.1) is 0 Å². The molecule has 3 aromatic rings. The van der Waals surface area contributed by atoms with Gasteiger partial charge in [0.25, 0.3) is 0 Å². The predicted octanol–water partition coefficient (Wildman–Crippen LogP) is 7.18. The molecule has 3 atom stereocenters. The number of hydrogen-bond acceptors (Lipinski definition) is 6. The molecular weight excluding hydrogens is 630 g/mol. The Kier molecular flexibility index (Phi) is 13.0. The lowest BCUT2D eigenvalue weighted by atomic mass is 9.89. The molecule has 0 spiro atoms. The number of benzene rings is 3. The first kappa shape index (κ1) is 39.8. The number of nitrogens with one attached hydrogen (secondary N) is 2. The monoisotopic (exact) mass is 685 g/mol. The summed E-state index contributed by atoms with van der Waals surface area (Å²) in [6, 6.07) is 21.1. The summed E-state index contributed by atoms with van der Waals surface area (Å²) in [5.74, 6) is -1.61. The lowest BCUT2D eigenvalue weighted by Crippen LogP contribution is -2.60. The van der Waals surface area contributed by atoms with E-state index < -0.39 is 58.7 Å². The molecule has 0 fully saturated rings. The summed E-state index contributed by atoms with van der Waals surface area (Å²) in [6.45, 7) is 19.9. The number of nitrogens with zero attached hydrogens (tertiary/aromatic N) is 1. The molecule has 0 radical (unpaired) electrons. The highest BCUT2D eigenvalue weighted by molar-refractivity contribution is 5.95. The number of esters is 1. The second kappa shape index (κ2) is 16.4. The van der Waals surface area contributed by atoms with Crippen LogP contribution in [0.4, 0.5) is 4.79 Å². The zero-order chi connectivity index (χ0) is 37.4. The molecule has 3 rings (SSSR count). The van der Waals surface area contributed by atoms with E-state index in [0.717, 1.165) is 22.3 Å². The third kappa shape index (κ3) is 11.7. The van der Waals surface area contributed by atoms with Crippen LogP contribution in [0.15, 0.2) is 78.9 Å². The molecule has 0 bridgehead atoms. The Morgan fingerprint density at radius 3 is 1.52 bits per heavy atom. The van der Waals surface area contributed by atoms with Crippen molar-refractivity contribution in [3.63, 3.8) is 0 Å². The standard InChI is InChI=1S/C41H55N3O6/c1-27-19-18-20-28(2)33(27)34(35(45)42-32(37(47)49-40(6,7)8)26-30-23-16-13-17-24-30)44(39(3,4)5)36(46)31(25-29-21-14-12-15-22-29)43-38(48)50-41(9,10)11/h12-24,31-32,34H,25-26H2,1-11H3,(H,42,45)(H,43,48). The third-order valence-electron chi connectivity index (χ3n) is 7.84. The van der Waals surface area contributed by atoms with E-state index in [-0.39, 0.29) is 12.8 Å². The van der Waals surface area contributed by atoms with Crippen LogP contribution in [0.5, 0.6) is 0 Å². The van der Waals surface area contributed by atoms with E-state index >= 15 is 4.79 Å². The molecule has 0 saturated carbocycles. The maximum Gasteiger partial charge on any atom is 0.408 e. The maximum atomic E-state index is 15.0. The topological polar surface area (TPSA) is 114 Å². The van der Waals surface area contributed by atoms with Gasteiger partial charge in [-0.25, -0.2) is 9.59 Å². The maximum absolute atomic E-state index is 15.0. The fourth-order valence-corrected chi connectivity index (χ4v) is 5.82. The Bertz CT molecular complexity index is 1600. The van der Waals surface area contributed by atoms with Crippen molar-refractivity contribution in [1.82, 2.24) is 15.5 Å². The lowest BCUT2D eigenvalue weighted by molar-refractivity contribution is -0.159. The summed E-state index contributed by atoms with van der Waals surface area (Å²) in [6.07, 6.45) is -0.413. The molecule has 270 valence electrons. The van der Waals surface area contributed by atoms with Gasteiger partial charge in [-0.05, 0) is 104 Å². The second-order valence-corrected chi connectivity index (χ2v) is 15.8. The van der Waals surface area contributed by atoms with Crippen LogP contribution in [0.1, 0.15) is 96.2 Å².